The van der Waals surface area contributed by atoms with E-state index in [0.717, 1.165) is 22.7 Å². The molecule has 0 radical (unpaired) electrons. The monoisotopic (exact) mass is 661 g/mol. The van der Waals surface area contributed by atoms with Crippen LogP contribution in [0.15, 0.2) is 133 Å². The van der Waals surface area contributed by atoms with Crippen LogP contribution in [0.4, 0.5) is 17.1 Å². The Morgan fingerprint density at radius 2 is 1.25 bits per heavy atom. The Bertz CT molecular complexity index is 2520. The maximum atomic E-state index is 6.50. The van der Waals surface area contributed by atoms with Crippen LogP contribution in [0, 0.1) is 13.8 Å². The standard InChI is InChI=1S/C49H43NO/c1-30(2)34-16-9-10-18-37(34)35-21-13-22-43(32(35)4)50(44-23-14-24-46-48(44)36-17-8-7-15-33(36)29-51-46)45-28-42-47(39-20-12-11-19-38(39)45)40-26-25-31(3)27-41(40)49(42,5)6/h7-28,30H,29H2,1-6H3. The molecule has 7 aromatic rings. The zero-order chi connectivity index (χ0) is 35.0. The first-order valence-electron chi connectivity index (χ1n) is 18.2. The van der Waals surface area contributed by atoms with Gasteiger partial charge in [0.25, 0.3) is 0 Å². The summed E-state index contributed by atoms with van der Waals surface area (Å²) in [5.41, 5.74) is 18.8. The molecule has 2 aliphatic rings. The number of benzene rings is 7. The summed E-state index contributed by atoms with van der Waals surface area (Å²) in [6, 6.07) is 49.5. The molecule has 0 atom stereocenters. The largest absolute Gasteiger partial charge is 0.488 e. The van der Waals surface area contributed by atoms with Crippen LogP contribution >= 0.6 is 0 Å². The molecule has 0 unspecified atom stereocenters. The number of anilines is 3. The van der Waals surface area contributed by atoms with E-state index in [9.17, 15) is 0 Å². The first-order valence-corrected chi connectivity index (χ1v) is 18.2. The molecule has 0 amide bonds. The summed E-state index contributed by atoms with van der Waals surface area (Å²) in [7, 11) is 0. The van der Waals surface area contributed by atoms with E-state index < -0.39 is 0 Å². The fourth-order valence-corrected chi connectivity index (χ4v) is 8.80. The van der Waals surface area contributed by atoms with E-state index in [1.807, 2.05) is 0 Å². The summed E-state index contributed by atoms with van der Waals surface area (Å²) in [6.45, 7) is 14.4. The van der Waals surface area contributed by atoms with Gasteiger partial charge >= 0.3 is 0 Å². The lowest BCUT2D eigenvalue weighted by atomic mass is 9.81. The molecular weight excluding hydrogens is 619 g/mol. The fourth-order valence-electron chi connectivity index (χ4n) is 8.80. The van der Waals surface area contributed by atoms with Gasteiger partial charge in [0, 0.05) is 22.1 Å². The number of ether oxygens (including phenoxy) is 1. The molecule has 1 heterocycles. The van der Waals surface area contributed by atoms with Crippen molar-refractivity contribution >= 4 is 27.8 Å². The highest BCUT2D eigenvalue weighted by atomic mass is 16.5. The summed E-state index contributed by atoms with van der Waals surface area (Å²) in [5.74, 6) is 1.33. The van der Waals surface area contributed by atoms with E-state index in [4.69, 9.17) is 4.74 Å². The average Bonchev–Trinajstić information content (AvgIpc) is 3.37. The first-order chi connectivity index (χ1) is 24.7. The Labute approximate surface area is 302 Å². The third kappa shape index (κ3) is 4.77. The van der Waals surface area contributed by atoms with Gasteiger partial charge < -0.3 is 9.64 Å². The molecule has 0 saturated heterocycles. The quantitative estimate of drug-likeness (QED) is 0.182. The lowest BCUT2D eigenvalue weighted by molar-refractivity contribution is 0.302. The Morgan fingerprint density at radius 3 is 2.08 bits per heavy atom. The molecule has 7 aromatic carbocycles. The maximum Gasteiger partial charge on any atom is 0.129 e. The highest BCUT2D eigenvalue weighted by Gasteiger charge is 2.38. The number of fused-ring (bicyclic) bond motifs is 8. The zero-order valence-electron chi connectivity index (χ0n) is 30.3. The van der Waals surface area contributed by atoms with Gasteiger partial charge in [0.1, 0.15) is 12.4 Å². The average molecular weight is 662 g/mol. The summed E-state index contributed by atoms with van der Waals surface area (Å²) >= 11 is 0. The van der Waals surface area contributed by atoms with Gasteiger partial charge in [0.05, 0.1) is 11.4 Å². The van der Waals surface area contributed by atoms with Gasteiger partial charge in [0.2, 0.25) is 0 Å². The molecule has 0 aromatic heterocycles. The van der Waals surface area contributed by atoms with Gasteiger partial charge in [-0.1, -0.05) is 142 Å². The molecule has 2 heteroatoms. The van der Waals surface area contributed by atoms with Crippen LogP contribution in [0.1, 0.15) is 67.0 Å². The molecule has 9 rings (SSSR count). The van der Waals surface area contributed by atoms with Crippen LogP contribution in [0.3, 0.4) is 0 Å². The van der Waals surface area contributed by atoms with E-state index in [2.05, 4.69) is 180 Å². The first kappa shape index (κ1) is 31.4. The van der Waals surface area contributed by atoms with Gasteiger partial charge in [-0.15, -0.1) is 0 Å². The Morgan fingerprint density at radius 1 is 0.569 bits per heavy atom. The molecule has 250 valence electrons. The van der Waals surface area contributed by atoms with Crippen molar-refractivity contribution in [3.05, 3.63) is 167 Å². The molecule has 2 nitrogen and oxygen atoms in total. The molecule has 1 aliphatic heterocycles. The van der Waals surface area contributed by atoms with Crippen LogP contribution in [0.25, 0.3) is 44.2 Å². The Kier molecular flexibility index (Phi) is 7.23. The predicted octanol–water partition coefficient (Wildman–Crippen LogP) is 13.6. The van der Waals surface area contributed by atoms with Crippen molar-refractivity contribution in [2.75, 3.05) is 4.90 Å². The Hall–Kier alpha value is -5.60. The summed E-state index contributed by atoms with van der Waals surface area (Å²) in [6.07, 6.45) is 0. The molecule has 0 saturated carbocycles. The van der Waals surface area contributed by atoms with Gasteiger partial charge in [-0.25, -0.2) is 0 Å². The van der Waals surface area contributed by atoms with Crippen LogP contribution in [0.2, 0.25) is 0 Å². The molecule has 0 fully saturated rings. The molecular formula is C49H43NO. The highest BCUT2D eigenvalue weighted by Crippen LogP contribution is 2.56. The molecule has 1 aliphatic carbocycles. The van der Waals surface area contributed by atoms with Crippen LogP contribution < -0.4 is 9.64 Å². The minimum atomic E-state index is -0.167. The minimum Gasteiger partial charge on any atom is -0.488 e. The van der Waals surface area contributed by atoms with Crippen molar-refractivity contribution in [3.63, 3.8) is 0 Å². The van der Waals surface area contributed by atoms with E-state index in [1.165, 1.54) is 77.7 Å². The van der Waals surface area contributed by atoms with Gasteiger partial charge in [0.15, 0.2) is 0 Å². The van der Waals surface area contributed by atoms with Crippen LogP contribution in [0.5, 0.6) is 5.75 Å². The summed E-state index contributed by atoms with van der Waals surface area (Å²) in [4.78, 5) is 2.54. The molecule has 0 spiro atoms. The third-order valence-corrected chi connectivity index (χ3v) is 11.4. The second kappa shape index (κ2) is 11.7. The Balaban J connectivity index is 1.39. The van der Waals surface area contributed by atoms with E-state index in [-0.39, 0.29) is 5.41 Å². The maximum absolute atomic E-state index is 6.50. The summed E-state index contributed by atoms with van der Waals surface area (Å²) < 4.78 is 6.50. The number of hydrogen-bond acceptors (Lipinski definition) is 2. The van der Waals surface area contributed by atoms with E-state index in [0.29, 0.717) is 12.5 Å². The smallest absolute Gasteiger partial charge is 0.129 e. The summed E-state index contributed by atoms with van der Waals surface area (Å²) in [5, 5.41) is 2.52. The van der Waals surface area contributed by atoms with Crippen molar-refractivity contribution in [2.45, 2.75) is 59.5 Å². The molecule has 51 heavy (non-hydrogen) atoms. The second-order valence-corrected chi connectivity index (χ2v) is 15.2. The third-order valence-electron chi connectivity index (χ3n) is 11.4. The van der Waals surface area contributed by atoms with Crippen molar-refractivity contribution in [2.24, 2.45) is 0 Å². The number of nitrogens with zero attached hydrogens (tertiary/aromatic N) is 1. The van der Waals surface area contributed by atoms with Crippen LogP contribution in [-0.4, -0.2) is 0 Å². The lowest BCUT2D eigenvalue weighted by Gasteiger charge is -2.34. The van der Waals surface area contributed by atoms with Crippen molar-refractivity contribution in [1.29, 1.82) is 0 Å². The normalized spacial score (nSPS) is 13.7. The SMILES string of the molecule is Cc1ccc2c(c1)C(C)(C)c1cc(N(c3cccc(-c4ccccc4C(C)C)c3C)c3cccc4c3-c3ccccc3CO4)c3ccccc3c1-2. The van der Waals surface area contributed by atoms with E-state index >= 15 is 0 Å². The van der Waals surface area contributed by atoms with Gasteiger partial charge in [-0.3, -0.25) is 0 Å². The minimum absolute atomic E-state index is 0.167. The van der Waals surface area contributed by atoms with Gasteiger partial charge in [-0.05, 0) is 105 Å². The number of rotatable bonds is 5. The van der Waals surface area contributed by atoms with Gasteiger partial charge in [-0.2, -0.15) is 0 Å². The number of aryl methyl sites for hydroxylation is 1. The van der Waals surface area contributed by atoms with Crippen LogP contribution in [-0.2, 0) is 12.0 Å². The van der Waals surface area contributed by atoms with Crippen molar-refractivity contribution < 1.29 is 4.74 Å². The van der Waals surface area contributed by atoms with Crippen molar-refractivity contribution in [3.8, 4) is 39.1 Å². The predicted molar refractivity (Wildman–Crippen MR) is 215 cm³/mol. The van der Waals surface area contributed by atoms with E-state index in [1.54, 1.807) is 0 Å². The number of hydrogen-bond donors (Lipinski definition) is 0. The molecule has 0 N–H and O–H groups in total. The highest BCUT2D eigenvalue weighted by molar-refractivity contribution is 6.11. The second-order valence-electron chi connectivity index (χ2n) is 15.2. The fraction of sp³-hybridized carbons (Fsp3) is 0.184. The zero-order valence-corrected chi connectivity index (χ0v) is 30.3. The topological polar surface area (TPSA) is 12.5 Å². The molecule has 0 bridgehead atoms. The lowest BCUT2D eigenvalue weighted by Crippen LogP contribution is -2.18. The van der Waals surface area contributed by atoms with Crippen molar-refractivity contribution in [1.82, 2.24) is 0 Å².